The summed E-state index contributed by atoms with van der Waals surface area (Å²) in [5.41, 5.74) is 1.97. The van der Waals surface area contributed by atoms with Crippen LogP contribution >= 0.6 is 22.7 Å². The van der Waals surface area contributed by atoms with Gasteiger partial charge in [0.1, 0.15) is 5.01 Å². The number of thiophene rings is 1. The van der Waals surface area contributed by atoms with Gasteiger partial charge in [-0.05, 0) is 24.5 Å². The Morgan fingerprint density at radius 3 is 2.56 bits per heavy atom. The van der Waals surface area contributed by atoms with Gasteiger partial charge in [-0.25, -0.2) is 18.1 Å². The number of sulfonamides is 1. The van der Waals surface area contributed by atoms with Crippen LogP contribution in [0.2, 0.25) is 0 Å². The summed E-state index contributed by atoms with van der Waals surface area (Å²) in [4.78, 5) is 6.63. The largest absolute Gasteiger partial charge is 0.241 e. The van der Waals surface area contributed by atoms with Crippen LogP contribution in [0.15, 0.2) is 46.7 Å². The van der Waals surface area contributed by atoms with Gasteiger partial charge in [0.15, 0.2) is 0 Å². The van der Waals surface area contributed by atoms with Crippen LogP contribution in [0.4, 0.5) is 0 Å². The van der Waals surface area contributed by atoms with Crippen molar-refractivity contribution in [2.75, 3.05) is 0 Å². The van der Waals surface area contributed by atoms with Gasteiger partial charge in [-0.1, -0.05) is 44.2 Å². The number of nitrogens with zero attached hydrogens (tertiary/aromatic N) is 1. The maximum atomic E-state index is 12.7. The van der Waals surface area contributed by atoms with E-state index < -0.39 is 10.0 Å². The number of rotatable bonds is 6. The van der Waals surface area contributed by atoms with Gasteiger partial charge < -0.3 is 0 Å². The van der Waals surface area contributed by atoms with Gasteiger partial charge in [0.25, 0.3) is 0 Å². The van der Waals surface area contributed by atoms with Gasteiger partial charge >= 0.3 is 0 Å². The van der Waals surface area contributed by atoms with Crippen LogP contribution in [-0.2, 0) is 16.6 Å². The van der Waals surface area contributed by atoms with Gasteiger partial charge in [0.05, 0.1) is 15.5 Å². The Kier molecular flexibility index (Phi) is 5.38. The van der Waals surface area contributed by atoms with E-state index in [1.54, 1.807) is 17.4 Å². The molecule has 0 unspecified atom stereocenters. The van der Waals surface area contributed by atoms with E-state index in [9.17, 15) is 8.42 Å². The van der Waals surface area contributed by atoms with E-state index in [0.29, 0.717) is 10.8 Å². The quantitative estimate of drug-likeness (QED) is 0.656. The molecule has 0 amide bonds. The van der Waals surface area contributed by atoms with Crippen LogP contribution in [0.1, 0.15) is 35.9 Å². The highest BCUT2D eigenvalue weighted by Crippen LogP contribution is 2.36. The number of hydrogen-bond acceptors (Lipinski definition) is 5. The first-order chi connectivity index (χ1) is 11.9. The molecule has 0 fully saturated rings. The summed E-state index contributed by atoms with van der Waals surface area (Å²) in [7, 11) is -3.55. The third-order valence-corrected chi connectivity index (χ3v) is 7.53. The van der Waals surface area contributed by atoms with Crippen molar-refractivity contribution in [2.24, 2.45) is 0 Å². The van der Waals surface area contributed by atoms with Crippen LogP contribution in [-0.4, -0.2) is 13.4 Å². The zero-order valence-electron chi connectivity index (χ0n) is 14.3. The van der Waals surface area contributed by atoms with Crippen molar-refractivity contribution >= 4 is 32.7 Å². The van der Waals surface area contributed by atoms with Crippen molar-refractivity contribution in [3.05, 3.63) is 57.9 Å². The summed E-state index contributed by atoms with van der Waals surface area (Å²) in [6, 6.07) is 11.2. The molecule has 25 heavy (non-hydrogen) atoms. The highest BCUT2D eigenvalue weighted by molar-refractivity contribution is 7.89. The number of aryl methyl sites for hydroxylation is 1. The third kappa shape index (κ3) is 4.17. The van der Waals surface area contributed by atoms with Gasteiger partial charge in [-0.2, -0.15) is 0 Å². The van der Waals surface area contributed by atoms with E-state index in [1.807, 2.05) is 42.6 Å². The van der Waals surface area contributed by atoms with Crippen LogP contribution in [0.3, 0.4) is 0 Å². The van der Waals surface area contributed by atoms with Crippen LogP contribution in [0.25, 0.3) is 9.88 Å². The van der Waals surface area contributed by atoms with Crippen molar-refractivity contribution in [2.45, 2.75) is 38.1 Å². The Hall–Kier alpha value is -1.54. The fourth-order valence-corrected chi connectivity index (χ4v) is 6.01. The lowest BCUT2D eigenvalue weighted by Crippen LogP contribution is -2.23. The second-order valence-electron chi connectivity index (χ2n) is 6.07. The molecule has 3 aromatic rings. The summed E-state index contributed by atoms with van der Waals surface area (Å²) >= 11 is 3.03. The molecule has 0 atom stereocenters. The monoisotopic (exact) mass is 392 g/mol. The molecule has 132 valence electrons. The number of aromatic nitrogens is 1. The van der Waals surface area contributed by atoms with Gasteiger partial charge in [0.2, 0.25) is 10.0 Å². The smallest absolute Gasteiger partial charge is 0.240 e. The minimum Gasteiger partial charge on any atom is -0.240 e. The predicted octanol–water partition coefficient (Wildman–Crippen LogP) is 4.78. The standard InChI is InChI=1S/C18H20N2O2S3/c1-12(2)15-11-23-18(20-15)16-9-17(13(3)24-16)25(21,22)19-10-14-7-5-4-6-8-14/h4-9,11-12,19H,10H2,1-3H3. The highest BCUT2D eigenvalue weighted by Gasteiger charge is 2.21. The van der Waals surface area contributed by atoms with E-state index in [1.165, 1.54) is 11.3 Å². The summed E-state index contributed by atoms with van der Waals surface area (Å²) < 4.78 is 28.0. The number of thiazole rings is 1. The van der Waals surface area contributed by atoms with E-state index in [0.717, 1.165) is 26.0 Å². The Bertz CT molecular complexity index is 957. The average molecular weight is 393 g/mol. The van der Waals surface area contributed by atoms with Gasteiger partial charge in [-0.15, -0.1) is 22.7 Å². The Balaban J connectivity index is 1.83. The summed E-state index contributed by atoms with van der Waals surface area (Å²) in [5, 5.41) is 2.91. The zero-order valence-corrected chi connectivity index (χ0v) is 16.8. The number of nitrogens with one attached hydrogen (secondary N) is 1. The van der Waals surface area contributed by atoms with Crippen molar-refractivity contribution in [1.82, 2.24) is 9.71 Å². The molecule has 7 heteroatoms. The van der Waals surface area contributed by atoms with E-state index in [4.69, 9.17) is 0 Å². The lowest BCUT2D eigenvalue weighted by molar-refractivity contribution is 0.581. The predicted molar refractivity (Wildman–Crippen MR) is 105 cm³/mol. The molecule has 2 aromatic heterocycles. The molecule has 0 aliphatic carbocycles. The van der Waals surface area contributed by atoms with Crippen molar-refractivity contribution in [1.29, 1.82) is 0 Å². The van der Waals surface area contributed by atoms with Crippen molar-refractivity contribution in [3.63, 3.8) is 0 Å². The molecule has 0 spiro atoms. The number of benzene rings is 1. The molecular weight excluding hydrogens is 372 g/mol. The van der Waals surface area contributed by atoms with Crippen LogP contribution < -0.4 is 4.72 Å². The molecule has 0 aliphatic rings. The Morgan fingerprint density at radius 2 is 1.92 bits per heavy atom. The molecule has 0 bridgehead atoms. The third-order valence-electron chi connectivity index (χ3n) is 3.80. The second-order valence-corrected chi connectivity index (χ2v) is 9.92. The first kappa shape index (κ1) is 18.3. The summed E-state index contributed by atoms with van der Waals surface area (Å²) in [6.45, 7) is 6.31. The number of hydrogen-bond donors (Lipinski definition) is 1. The Morgan fingerprint density at radius 1 is 1.20 bits per heavy atom. The second kappa shape index (κ2) is 7.37. The maximum absolute atomic E-state index is 12.7. The molecule has 3 rings (SSSR count). The fraction of sp³-hybridized carbons (Fsp3) is 0.278. The van der Waals surface area contributed by atoms with Gasteiger partial charge in [0, 0.05) is 16.8 Å². The molecular formula is C18H20N2O2S3. The van der Waals surface area contributed by atoms with E-state index in [2.05, 4.69) is 23.6 Å². The molecule has 2 heterocycles. The topological polar surface area (TPSA) is 59.1 Å². The van der Waals surface area contributed by atoms with Crippen molar-refractivity contribution in [3.8, 4) is 9.88 Å². The molecule has 1 N–H and O–H groups in total. The Labute approximate surface area is 156 Å². The van der Waals surface area contributed by atoms with Crippen LogP contribution in [0, 0.1) is 6.92 Å². The molecule has 0 saturated carbocycles. The lowest BCUT2D eigenvalue weighted by atomic mass is 10.2. The zero-order chi connectivity index (χ0) is 18.0. The molecule has 0 saturated heterocycles. The van der Waals surface area contributed by atoms with E-state index in [-0.39, 0.29) is 6.54 Å². The first-order valence-corrected chi connectivity index (χ1v) is 11.1. The van der Waals surface area contributed by atoms with Gasteiger partial charge in [-0.3, -0.25) is 0 Å². The lowest BCUT2D eigenvalue weighted by Gasteiger charge is -2.06. The summed E-state index contributed by atoms with van der Waals surface area (Å²) in [5.74, 6) is 0.363. The molecule has 1 aromatic carbocycles. The van der Waals surface area contributed by atoms with E-state index >= 15 is 0 Å². The van der Waals surface area contributed by atoms with Crippen LogP contribution in [0.5, 0.6) is 0 Å². The first-order valence-electron chi connectivity index (χ1n) is 7.96. The minimum atomic E-state index is -3.55. The summed E-state index contributed by atoms with van der Waals surface area (Å²) in [6.07, 6.45) is 0. The molecule has 0 aliphatic heterocycles. The normalized spacial score (nSPS) is 12.0. The fourth-order valence-electron chi connectivity index (χ4n) is 2.35. The average Bonchev–Trinajstić information content (AvgIpc) is 3.21. The minimum absolute atomic E-state index is 0.280. The van der Waals surface area contributed by atoms with Crippen molar-refractivity contribution < 1.29 is 8.42 Å². The SMILES string of the molecule is Cc1sc(-c2nc(C(C)C)cs2)cc1S(=O)(=O)NCc1ccccc1. The maximum Gasteiger partial charge on any atom is 0.241 e. The molecule has 0 radical (unpaired) electrons. The highest BCUT2D eigenvalue weighted by atomic mass is 32.2. The molecule has 4 nitrogen and oxygen atoms in total.